The number of hydrogen-bond donors (Lipinski definition) is 2. The van der Waals surface area contributed by atoms with Gasteiger partial charge in [-0.3, -0.25) is 0 Å². The van der Waals surface area contributed by atoms with Crippen LogP contribution in [0, 0.1) is 0 Å². The maximum Gasteiger partial charge on any atom is 0.0317 e. The van der Waals surface area contributed by atoms with Crippen molar-refractivity contribution in [1.82, 2.24) is 10.6 Å². The van der Waals surface area contributed by atoms with E-state index in [1.807, 2.05) is 14.1 Å². The minimum atomic E-state index is 0.490. The van der Waals surface area contributed by atoms with Crippen LogP contribution in [0.1, 0.15) is 24.4 Å². The molecule has 2 heteroatoms. The maximum atomic E-state index is 3.35. The Balaban J connectivity index is 2.46. The van der Waals surface area contributed by atoms with Crippen LogP contribution in [0.4, 0.5) is 0 Å². The van der Waals surface area contributed by atoms with Crippen molar-refractivity contribution in [2.75, 3.05) is 20.6 Å². The smallest absolute Gasteiger partial charge is 0.0317 e. The Labute approximate surface area is 86.7 Å². The van der Waals surface area contributed by atoms with Gasteiger partial charge in [0.05, 0.1) is 0 Å². The lowest BCUT2D eigenvalue weighted by Crippen LogP contribution is -2.18. The van der Waals surface area contributed by atoms with E-state index < -0.39 is 0 Å². The van der Waals surface area contributed by atoms with E-state index in [0.29, 0.717) is 6.04 Å². The lowest BCUT2D eigenvalue weighted by Gasteiger charge is -2.16. The standard InChI is InChI=1S/C12H20N2/c1-13-10-6-9-12(14-2)11-7-4-3-5-8-11/h3-5,7-8,12-14H,6,9-10H2,1-2H3. The first-order chi connectivity index (χ1) is 6.88. The summed E-state index contributed by atoms with van der Waals surface area (Å²) >= 11 is 0. The molecular formula is C12H20N2. The van der Waals surface area contributed by atoms with E-state index in [9.17, 15) is 0 Å². The van der Waals surface area contributed by atoms with E-state index >= 15 is 0 Å². The van der Waals surface area contributed by atoms with E-state index in [-0.39, 0.29) is 0 Å². The molecule has 0 radical (unpaired) electrons. The van der Waals surface area contributed by atoms with Gasteiger partial charge < -0.3 is 10.6 Å². The fourth-order valence-corrected chi connectivity index (χ4v) is 1.65. The predicted molar refractivity (Wildman–Crippen MR) is 61.4 cm³/mol. The van der Waals surface area contributed by atoms with Gasteiger partial charge in [0.1, 0.15) is 0 Å². The molecule has 0 spiro atoms. The molecule has 0 fully saturated rings. The Kier molecular flexibility index (Phi) is 5.27. The Morgan fingerprint density at radius 2 is 1.86 bits per heavy atom. The molecule has 0 aliphatic rings. The van der Waals surface area contributed by atoms with Gasteiger partial charge in [-0.25, -0.2) is 0 Å². The van der Waals surface area contributed by atoms with Crippen LogP contribution in [0.15, 0.2) is 30.3 Å². The number of benzene rings is 1. The molecule has 1 atom stereocenters. The van der Waals surface area contributed by atoms with Gasteiger partial charge in [-0.15, -0.1) is 0 Å². The predicted octanol–water partition coefficient (Wildman–Crippen LogP) is 1.95. The molecule has 2 N–H and O–H groups in total. The first-order valence-electron chi connectivity index (χ1n) is 5.25. The quantitative estimate of drug-likeness (QED) is 0.673. The molecule has 0 aliphatic carbocycles. The summed E-state index contributed by atoms with van der Waals surface area (Å²) < 4.78 is 0. The van der Waals surface area contributed by atoms with E-state index in [2.05, 4.69) is 41.0 Å². The van der Waals surface area contributed by atoms with Crippen LogP contribution in [-0.4, -0.2) is 20.6 Å². The second-order valence-corrected chi connectivity index (χ2v) is 3.50. The Morgan fingerprint density at radius 1 is 1.14 bits per heavy atom. The Bertz CT molecular complexity index is 233. The summed E-state index contributed by atoms with van der Waals surface area (Å²) in [5, 5.41) is 6.52. The highest BCUT2D eigenvalue weighted by Gasteiger charge is 2.06. The van der Waals surface area contributed by atoms with Gasteiger partial charge in [0.2, 0.25) is 0 Å². The highest BCUT2D eigenvalue weighted by molar-refractivity contribution is 5.18. The van der Waals surface area contributed by atoms with Crippen molar-refractivity contribution < 1.29 is 0 Å². The summed E-state index contributed by atoms with van der Waals surface area (Å²) in [6.07, 6.45) is 2.39. The zero-order valence-corrected chi connectivity index (χ0v) is 9.09. The monoisotopic (exact) mass is 192 g/mol. The molecule has 2 nitrogen and oxygen atoms in total. The normalized spacial score (nSPS) is 12.7. The number of rotatable bonds is 6. The van der Waals surface area contributed by atoms with Crippen molar-refractivity contribution >= 4 is 0 Å². The van der Waals surface area contributed by atoms with Gasteiger partial charge in [0, 0.05) is 6.04 Å². The average molecular weight is 192 g/mol. The van der Waals surface area contributed by atoms with Gasteiger partial charge in [-0.05, 0) is 39.0 Å². The Morgan fingerprint density at radius 3 is 2.43 bits per heavy atom. The molecule has 0 heterocycles. The molecule has 0 saturated heterocycles. The molecule has 78 valence electrons. The lowest BCUT2D eigenvalue weighted by atomic mass is 10.0. The summed E-state index contributed by atoms with van der Waals surface area (Å²) in [7, 11) is 4.02. The van der Waals surface area contributed by atoms with E-state index in [4.69, 9.17) is 0 Å². The summed E-state index contributed by atoms with van der Waals surface area (Å²) in [5.41, 5.74) is 1.38. The molecule has 0 amide bonds. The summed E-state index contributed by atoms with van der Waals surface area (Å²) in [6, 6.07) is 11.1. The molecule has 0 saturated carbocycles. The lowest BCUT2D eigenvalue weighted by molar-refractivity contribution is 0.518. The fourth-order valence-electron chi connectivity index (χ4n) is 1.65. The first kappa shape index (κ1) is 11.2. The van der Waals surface area contributed by atoms with Crippen LogP contribution in [0.25, 0.3) is 0 Å². The molecule has 1 unspecified atom stereocenters. The number of hydrogen-bond acceptors (Lipinski definition) is 2. The van der Waals surface area contributed by atoms with Crippen LogP contribution in [0.5, 0.6) is 0 Å². The van der Waals surface area contributed by atoms with Gasteiger partial charge in [0.25, 0.3) is 0 Å². The van der Waals surface area contributed by atoms with Crippen LogP contribution < -0.4 is 10.6 Å². The van der Waals surface area contributed by atoms with E-state index in [1.165, 1.54) is 18.4 Å². The third-order valence-corrected chi connectivity index (χ3v) is 2.47. The second kappa shape index (κ2) is 6.57. The summed E-state index contributed by atoms with van der Waals surface area (Å²) in [4.78, 5) is 0. The van der Waals surface area contributed by atoms with Crippen molar-refractivity contribution in [3.63, 3.8) is 0 Å². The first-order valence-corrected chi connectivity index (χ1v) is 5.25. The van der Waals surface area contributed by atoms with Crippen LogP contribution in [-0.2, 0) is 0 Å². The van der Waals surface area contributed by atoms with Crippen molar-refractivity contribution in [3.8, 4) is 0 Å². The molecule has 0 aliphatic heterocycles. The zero-order chi connectivity index (χ0) is 10.2. The topological polar surface area (TPSA) is 24.1 Å². The summed E-state index contributed by atoms with van der Waals surface area (Å²) in [6.45, 7) is 1.09. The van der Waals surface area contributed by atoms with E-state index in [1.54, 1.807) is 0 Å². The molecular weight excluding hydrogens is 172 g/mol. The van der Waals surface area contributed by atoms with Crippen LogP contribution in [0.2, 0.25) is 0 Å². The van der Waals surface area contributed by atoms with Crippen LogP contribution in [0.3, 0.4) is 0 Å². The molecule has 0 bridgehead atoms. The van der Waals surface area contributed by atoms with E-state index in [0.717, 1.165) is 6.54 Å². The molecule has 1 rings (SSSR count). The van der Waals surface area contributed by atoms with Crippen molar-refractivity contribution in [3.05, 3.63) is 35.9 Å². The van der Waals surface area contributed by atoms with Gasteiger partial charge in [-0.2, -0.15) is 0 Å². The van der Waals surface area contributed by atoms with Crippen molar-refractivity contribution in [2.24, 2.45) is 0 Å². The molecule has 1 aromatic carbocycles. The van der Waals surface area contributed by atoms with Gasteiger partial charge >= 0.3 is 0 Å². The minimum Gasteiger partial charge on any atom is -0.320 e. The SMILES string of the molecule is CNCCCC(NC)c1ccccc1. The highest BCUT2D eigenvalue weighted by atomic mass is 14.9. The largest absolute Gasteiger partial charge is 0.320 e. The fraction of sp³-hybridized carbons (Fsp3) is 0.500. The highest BCUT2D eigenvalue weighted by Crippen LogP contribution is 2.16. The number of nitrogens with one attached hydrogen (secondary N) is 2. The second-order valence-electron chi connectivity index (χ2n) is 3.50. The van der Waals surface area contributed by atoms with Gasteiger partial charge in [0.15, 0.2) is 0 Å². The third kappa shape index (κ3) is 3.48. The molecule has 14 heavy (non-hydrogen) atoms. The van der Waals surface area contributed by atoms with Crippen LogP contribution >= 0.6 is 0 Å². The zero-order valence-electron chi connectivity index (χ0n) is 9.09. The van der Waals surface area contributed by atoms with Crippen molar-refractivity contribution in [1.29, 1.82) is 0 Å². The maximum absolute atomic E-state index is 3.35. The third-order valence-electron chi connectivity index (χ3n) is 2.47. The summed E-state index contributed by atoms with van der Waals surface area (Å²) in [5.74, 6) is 0. The van der Waals surface area contributed by atoms with Gasteiger partial charge in [-0.1, -0.05) is 30.3 Å². The average Bonchev–Trinajstić information content (AvgIpc) is 2.26. The molecule has 0 aromatic heterocycles. The molecule has 1 aromatic rings. The minimum absolute atomic E-state index is 0.490. The van der Waals surface area contributed by atoms with Crippen molar-refractivity contribution in [2.45, 2.75) is 18.9 Å². The Hall–Kier alpha value is -0.860.